The minimum Gasteiger partial charge on any atom is -0.342 e. The van der Waals surface area contributed by atoms with Gasteiger partial charge in [-0.2, -0.15) is 0 Å². The van der Waals surface area contributed by atoms with E-state index in [0.717, 1.165) is 40.4 Å². The summed E-state index contributed by atoms with van der Waals surface area (Å²) >= 11 is 6.20. The molecule has 0 bridgehead atoms. The van der Waals surface area contributed by atoms with E-state index in [1.807, 2.05) is 24.3 Å². The smallest absolute Gasteiger partial charge is 0.101 e. The van der Waals surface area contributed by atoms with Crippen LogP contribution < -0.4 is 5.32 Å². The van der Waals surface area contributed by atoms with Gasteiger partial charge in [-0.25, -0.2) is 0 Å². The van der Waals surface area contributed by atoms with Crippen LogP contribution in [-0.2, 0) is 0 Å². The van der Waals surface area contributed by atoms with Crippen LogP contribution in [0.4, 0.5) is 5.69 Å². The van der Waals surface area contributed by atoms with E-state index in [-0.39, 0.29) is 0 Å². The minimum absolute atomic E-state index is 0.733. The van der Waals surface area contributed by atoms with E-state index in [4.69, 9.17) is 11.6 Å². The van der Waals surface area contributed by atoms with Crippen LogP contribution in [-0.4, -0.2) is 17.4 Å². The molecular formula is C15H16ClN3. The van der Waals surface area contributed by atoms with Gasteiger partial charge in [-0.15, -0.1) is 0 Å². The van der Waals surface area contributed by atoms with Crippen molar-refractivity contribution in [3.8, 4) is 0 Å². The molecule has 19 heavy (non-hydrogen) atoms. The maximum absolute atomic E-state index is 6.20. The maximum atomic E-state index is 6.20. The molecule has 2 aromatic rings. The number of rotatable bonds is 1. The van der Waals surface area contributed by atoms with Crippen molar-refractivity contribution in [1.82, 2.24) is 4.98 Å². The molecule has 3 nitrogen and oxygen atoms in total. The predicted octanol–water partition coefficient (Wildman–Crippen LogP) is 4.27. The van der Waals surface area contributed by atoms with E-state index in [9.17, 15) is 0 Å². The second-order valence-corrected chi connectivity index (χ2v) is 5.17. The molecule has 0 atom stereocenters. The summed E-state index contributed by atoms with van der Waals surface area (Å²) in [4.78, 5) is 9.02. The second-order valence-electron chi connectivity index (χ2n) is 4.76. The Kier molecular flexibility index (Phi) is 3.65. The number of pyridine rings is 1. The summed E-state index contributed by atoms with van der Waals surface area (Å²) in [7, 11) is 0. The summed E-state index contributed by atoms with van der Waals surface area (Å²) in [6.07, 6.45) is 6.44. The van der Waals surface area contributed by atoms with Gasteiger partial charge in [0.1, 0.15) is 5.84 Å². The first-order valence-corrected chi connectivity index (χ1v) is 7.06. The molecule has 2 heterocycles. The van der Waals surface area contributed by atoms with Crippen LogP contribution in [0.5, 0.6) is 0 Å². The maximum Gasteiger partial charge on any atom is 0.101 e. The SMILES string of the molecule is Clc1ccc(NC2=NCCCCC2)c2ncccc12. The van der Waals surface area contributed by atoms with E-state index in [1.165, 1.54) is 19.3 Å². The number of benzene rings is 1. The number of nitrogens with zero attached hydrogens (tertiary/aromatic N) is 2. The third-order valence-electron chi connectivity index (χ3n) is 3.37. The second kappa shape index (κ2) is 5.57. The molecule has 0 saturated heterocycles. The van der Waals surface area contributed by atoms with Gasteiger partial charge in [0.05, 0.1) is 16.2 Å². The van der Waals surface area contributed by atoms with Crippen LogP contribution >= 0.6 is 11.6 Å². The monoisotopic (exact) mass is 273 g/mol. The van der Waals surface area contributed by atoms with Crippen LogP contribution in [0.15, 0.2) is 35.5 Å². The zero-order valence-electron chi connectivity index (χ0n) is 10.7. The van der Waals surface area contributed by atoms with Gasteiger partial charge >= 0.3 is 0 Å². The molecule has 0 amide bonds. The van der Waals surface area contributed by atoms with Gasteiger partial charge in [0.25, 0.3) is 0 Å². The molecule has 0 saturated carbocycles. The van der Waals surface area contributed by atoms with Crippen LogP contribution in [0.25, 0.3) is 10.9 Å². The fourth-order valence-corrected chi connectivity index (χ4v) is 2.59. The molecule has 3 rings (SSSR count). The lowest BCUT2D eigenvalue weighted by Crippen LogP contribution is -2.12. The average Bonchev–Trinajstić information content (AvgIpc) is 2.71. The van der Waals surface area contributed by atoms with Gasteiger partial charge in [0, 0.05) is 24.5 Å². The fraction of sp³-hybridized carbons (Fsp3) is 0.333. The molecule has 1 aliphatic heterocycles. The van der Waals surface area contributed by atoms with Crippen LogP contribution in [0.1, 0.15) is 25.7 Å². The van der Waals surface area contributed by atoms with Crippen LogP contribution in [0, 0.1) is 0 Å². The van der Waals surface area contributed by atoms with Gasteiger partial charge in [-0.1, -0.05) is 18.0 Å². The number of hydrogen-bond donors (Lipinski definition) is 1. The van der Waals surface area contributed by atoms with E-state index in [1.54, 1.807) is 6.20 Å². The highest BCUT2D eigenvalue weighted by atomic mass is 35.5. The Morgan fingerprint density at radius 3 is 3.00 bits per heavy atom. The molecule has 0 fully saturated rings. The van der Waals surface area contributed by atoms with Crippen molar-refractivity contribution in [2.75, 3.05) is 11.9 Å². The van der Waals surface area contributed by atoms with Crippen molar-refractivity contribution in [3.63, 3.8) is 0 Å². The molecule has 0 radical (unpaired) electrons. The topological polar surface area (TPSA) is 37.3 Å². The lowest BCUT2D eigenvalue weighted by Gasteiger charge is -2.11. The molecule has 1 aromatic heterocycles. The van der Waals surface area contributed by atoms with Crippen molar-refractivity contribution in [1.29, 1.82) is 0 Å². The molecular weight excluding hydrogens is 258 g/mol. The highest BCUT2D eigenvalue weighted by molar-refractivity contribution is 6.35. The number of aromatic nitrogens is 1. The number of amidine groups is 1. The third-order valence-corrected chi connectivity index (χ3v) is 3.70. The molecule has 0 aliphatic carbocycles. The highest BCUT2D eigenvalue weighted by Crippen LogP contribution is 2.28. The molecule has 0 unspecified atom stereocenters. The first kappa shape index (κ1) is 12.4. The molecule has 1 N–H and O–H groups in total. The number of aliphatic imine (C=N–C) groups is 1. The van der Waals surface area contributed by atoms with E-state index in [0.29, 0.717) is 0 Å². The Morgan fingerprint density at radius 2 is 2.05 bits per heavy atom. The van der Waals surface area contributed by atoms with E-state index < -0.39 is 0 Å². The predicted molar refractivity (Wildman–Crippen MR) is 81.1 cm³/mol. The normalized spacial score (nSPS) is 15.9. The number of halogens is 1. The number of hydrogen-bond acceptors (Lipinski definition) is 3. The Balaban J connectivity index is 1.96. The Bertz CT molecular complexity index is 622. The lowest BCUT2D eigenvalue weighted by molar-refractivity contribution is 0.731. The highest BCUT2D eigenvalue weighted by Gasteiger charge is 2.09. The summed E-state index contributed by atoms with van der Waals surface area (Å²) in [6.45, 7) is 0.918. The first-order chi connectivity index (χ1) is 9.34. The summed E-state index contributed by atoms with van der Waals surface area (Å²) < 4.78 is 0. The van der Waals surface area contributed by atoms with Gasteiger partial charge < -0.3 is 5.32 Å². The summed E-state index contributed by atoms with van der Waals surface area (Å²) in [5, 5.41) is 5.13. The summed E-state index contributed by atoms with van der Waals surface area (Å²) in [6, 6.07) is 7.78. The number of anilines is 1. The number of fused-ring (bicyclic) bond motifs is 1. The van der Waals surface area contributed by atoms with Crippen molar-refractivity contribution in [2.45, 2.75) is 25.7 Å². The molecule has 98 valence electrons. The van der Waals surface area contributed by atoms with Crippen molar-refractivity contribution >= 4 is 34.0 Å². The Morgan fingerprint density at radius 1 is 1.11 bits per heavy atom. The first-order valence-electron chi connectivity index (χ1n) is 6.68. The van der Waals surface area contributed by atoms with Crippen LogP contribution in [0.3, 0.4) is 0 Å². The summed E-state index contributed by atoms with van der Waals surface area (Å²) in [5.74, 6) is 1.06. The fourth-order valence-electron chi connectivity index (χ4n) is 2.37. The van der Waals surface area contributed by atoms with Gasteiger partial charge in [0.2, 0.25) is 0 Å². The standard InChI is InChI=1S/C15H16ClN3/c16-12-7-8-13(15-11(12)5-4-10-18-15)19-14-6-2-1-3-9-17-14/h4-5,7-8,10H,1-3,6,9H2,(H,17,19). The number of nitrogens with one attached hydrogen (secondary N) is 1. The summed E-state index contributed by atoms with van der Waals surface area (Å²) in [5.41, 5.74) is 1.89. The van der Waals surface area contributed by atoms with Crippen molar-refractivity contribution in [3.05, 3.63) is 35.5 Å². The van der Waals surface area contributed by atoms with Crippen molar-refractivity contribution in [2.24, 2.45) is 4.99 Å². The van der Waals surface area contributed by atoms with E-state index in [2.05, 4.69) is 15.3 Å². The van der Waals surface area contributed by atoms with Gasteiger partial charge in [0.15, 0.2) is 0 Å². The third kappa shape index (κ3) is 2.71. The molecule has 0 spiro atoms. The largest absolute Gasteiger partial charge is 0.342 e. The van der Waals surface area contributed by atoms with E-state index >= 15 is 0 Å². The molecule has 4 heteroatoms. The van der Waals surface area contributed by atoms with Gasteiger partial charge in [-0.3, -0.25) is 9.98 Å². The van der Waals surface area contributed by atoms with Gasteiger partial charge in [-0.05, 0) is 37.1 Å². The zero-order valence-corrected chi connectivity index (χ0v) is 11.5. The lowest BCUT2D eigenvalue weighted by atomic mass is 10.1. The molecule has 1 aliphatic rings. The average molecular weight is 274 g/mol. The minimum atomic E-state index is 0.733. The van der Waals surface area contributed by atoms with Crippen molar-refractivity contribution < 1.29 is 0 Å². The van der Waals surface area contributed by atoms with Crippen LogP contribution in [0.2, 0.25) is 5.02 Å². The molecule has 1 aromatic carbocycles. The quantitative estimate of drug-likeness (QED) is 0.842. The Labute approximate surface area is 117 Å². The Hall–Kier alpha value is -1.61. The zero-order chi connectivity index (χ0) is 13.1.